The molecule has 1 fully saturated rings. The van der Waals surface area contributed by atoms with Gasteiger partial charge in [0.05, 0.1) is 29.7 Å². The molecule has 50 heavy (non-hydrogen) atoms. The number of nitrogens with zero attached hydrogens (tertiary/aromatic N) is 2. The number of amides is 3. The van der Waals surface area contributed by atoms with Crippen molar-refractivity contribution in [2.24, 2.45) is 23.7 Å². The second-order valence-electron chi connectivity index (χ2n) is 13.5. The fourth-order valence-corrected chi connectivity index (χ4v) is 6.80. The average Bonchev–Trinajstić information content (AvgIpc) is 3.10. The van der Waals surface area contributed by atoms with Gasteiger partial charge < -0.3 is 0 Å². The third kappa shape index (κ3) is 14.0. The minimum Gasteiger partial charge on any atom is -0.289 e. The number of nitrogens with one attached hydrogen (secondary N) is 2. The van der Waals surface area contributed by atoms with Gasteiger partial charge in [-0.2, -0.15) is 8.42 Å². The predicted molar refractivity (Wildman–Crippen MR) is 191 cm³/mol. The fourth-order valence-electron chi connectivity index (χ4n) is 6.32. The maximum Gasteiger partial charge on any atom is 0.294 e. The first-order valence-electron chi connectivity index (χ1n) is 17.4. The van der Waals surface area contributed by atoms with Crippen LogP contribution in [-0.2, 0) is 37.5 Å². The number of hydrogen-bond acceptors (Lipinski definition) is 7. The normalized spacial score (nSPS) is 14.5. The van der Waals surface area contributed by atoms with Crippen LogP contribution >= 0.6 is 0 Å². The van der Waals surface area contributed by atoms with E-state index in [1.807, 2.05) is 57.2 Å². The highest BCUT2D eigenvalue weighted by Gasteiger charge is 2.35. The van der Waals surface area contributed by atoms with Gasteiger partial charge in [-0.3, -0.25) is 34.6 Å². The maximum atomic E-state index is 13.8. The van der Waals surface area contributed by atoms with Gasteiger partial charge in [-0.1, -0.05) is 113 Å². The van der Waals surface area contributed by atoms with Crippen LogP contribution in [0.4, 0.5) is 0 Å². The summed E-state index contributed by atoms with van der Waals surface area (Å²) in [5.74, 6) is -1.77. The van der Waals surface area contributed by atoms with Crippen LogP contribution < -0.4 is 10.9 Å². The van der Waals surface area contributed by atoms with E-state index in [1.54, 1.807) is 36.1 Å². The van der Waals surface area contributed by atoms with Gasteiger partial charge in [0.1, 0.15) is 0 Å². The molecule has 0 bridgehead atoms. The molecule has 1 aliphatic rings. The number of hydrazine groups is 1. The first-order valence-corrected chi connectivity index (χ1v) is 18.8. The van der Waals surface area contributed by atoms with Crippen LogP contribution in [0, 0.1) is 30.6 Å². The molecule has 4 N–H and O–H groups in total. The van der Waals surface area contributed by atoms with Crippen molar-refractivity contribution in [3.05, 3.63) is 95.8 Å². The van der Waals surface area contributed by atoms with E-state index < -0.39 is 27.9 Å². The van der Waals surface area contributed by atoms with Crippen LogP contribution in [0.5, 0.6) is 0 Å². The van der Waals surface area contributed by atoms with E-state index in [-0.39, 0.29) is 35.6 Å². The molecule has 0 aliphatic heterocycles. The minimum atomic E-state index is -4.02. The summed E-state index contributed by atoms with van der Waals surface area (Å²) in [6.45, 7) is 6.05. The summed E-state index contributed by atoms with van der Waals surface area (Å²) >= 11 is 0. The number of hydrogen-bond donors (Lipinski definition) is 4. The molecular weight excluding hydrogens is 657 g/mol. The molecule has 11 nitrogen and oxygen atoms in total. The van der Waals surface area contributed by atoms with Gasteiger partial charge in [0, 0.05) is 12.4 Å². The Morgan fingerprint density at radius 2 is 1.56 bits per heavy atom. The Hall–Kier alpha value is -4.13. The monoisotopic (exact) mass is 708 g/mol. The Kier molecular flexibility index (Phi) is 16.5. The van der Waals surface area contributed by atoms with Crippen molar-refractivity contribution in [3.8, 4) is 0 Å². The standard InChI is InChI=1S/C31H44N4O4.C7H8O3S/c1-23(2)19-28(27(31(38)34-39)17-9-15-24-11-5-3-6-12-24)30(37)33-35(22-25-13-7-4-8-14-25)29(36)20-26-16-10-18-32-21-26;1-6-2-4-7(5-3-6)11(8,9)10/h4,7-8,10,13-14,16,18,21,23-24,27-28,39H,3,5-6,9,11-12,15,17,19-20,22H2,1-2H3,(H,33,37)(H,34,38);2-5H,1H3,(H,8,9,10)/t27-,28+;/m0./s1. The van der Waals surface area contributed by atoms with Gasteiger partial charge in [0.15, 0.2) is 0 Å². The summed E-state index contributed by atoms with van der Waals surface area (Å²) in [6, 6.07) is 19.0. The molecule has 12 heteroatoms. The number of carbonyl (C=O) groups excluding carboxylic acids is 3. The second kappa shape index (κ2) is 20.5. The van der Waals surface area contributed by atoms with E-state index in [2.05, 4.69) is 10.4 Å². The van der Waals surface area contributed by atoms with Gasteiger partial charge in [-0.15, -0.1) is 0 Å². The van der Waals surface area contributed by atoms with E-state index in [0.29, 0.717) is 18.8 Å². The molecule has 0 spiro atoms. The highest BCUT2D eigenvalue weighted by Crippen LogP contribution is 2.31. The summed E-state index contributed by atoms with van der Waals surface area (Å²) in [5, 5.41) is 10.9. The van der Waals surface area contributed by atoms with Crippen molar-refractivity contribution in [1.82, 2.24) is 20.9 Å². The first-order chi connectivity index (χ1) is 23.9. The van der Waals surface area contributed by atoms with Gasteiger partial charge in [0.2, 0.25) is 17.7 Å². The third-order valence-corrected chi connectivity index (χ3v) is 9.84. The van der Waals surface area contributed by atoms with E-state index in [1.165, 1.54) is 49.2 Å². The Morgan fingerprint density at radius 3 is 2.14 bits per heavy atom. The molecule has 4 rings (SSSR count). The molecule has 3 amide bonds. The van der Waals surface area contributed by atoms with Crippen LogP contribution in [0.15, 0.2) is 84.0 Å². The third-order valence-electron chi connectivity index (χ3n) is 8.97. The molecule has 3 aromatic rings. The molecule has 272 valence electrons. The Balaban J connectivity index is 0.000000521. The molecule has 2 aromatic carbocycles. The van der Waals surface area contributed by atoms with E-state index >= 15 is 0 Å². The number of rotatable bonds is 14. The summed E-state index contributed by atoms with van der Waals surface area (Å²) in [6.07, 6.45) is 12.4. The lowest BCUT2D eigenvalue weighted by molar-refractivity contribution is -0.148. The van der Waals surface area contributed by atoms with Crippen molar-refractivity contribution >= 4 is 27.8 Å². The number of pyridine rings is 1. The van der Waals surface area contributed by atoms with Crippen molar-refractivity contribution in [2.75, 3.05) is 0 Å². The zero-order valence-corrected chi connectivity index (χ0v) is 30.1. The number of aromatic nitrogens is 1. The van der Waals surface area contributed by atoms with Crippen LogP contribution in [-0.4, -0.2) is 45.9 Å². The molecule has 0 unspecified atom stereocenters. The van der Waals surface area contributed by atoms with Gasteiger partial charge in [-0.25, -0.2) is 10.5 Å². The SMILES string of the molecule is CC(C)C[C@@H](C(=O)NN(Cc1ccccc1)C(=O)Cc1cccnc1)[C@H](CCCC1CCCCC1)C(=O)NO.Cc1ccc(S(=O)(=O)O)cc1. The summed E-state index contributed by atoms with van der Waals surface area (Å²) in [7, 11) is -4.02. The molecule has 2 atom stereocenters. The Bertz CT molecular complexity index is 1580. The highest BCUT2D eigenvalue weighted by molar-refractivity contribution is 7.85. The average molecular weight is 709 g/mol. The molecule has 0 radical (unpaired) electrons. The van der Waals surface area contributed by atoms with Crippen LogP contribution in [0.3, 0.4) is 0 Å². The quantitative estimate of drug-likeness (QED) is 0.0842. The van der Waals surface area contributed by atoms with Gasteiger partial charge >= 0.3 is 0 Å². The molecular formula is C38H52N4O7S. The summed E-state index contributed by atoms with van der Waals surface area (Å²) < 4.78 is 29.6. The number of aryl methyl sites for hydroxylation is 1. The molecule has 1 aromatic heterocycles. The smallest absolute Gasteiger partial charge is 0.289 e. The number of carbonyl (C=O) groups is 3. The lowest BCUT2D eigenvalue weighted by atomic mass is 9.79. The van der Waals surface area contributed by atoms with Crippen molar-refractivity contribution in [1.29, 1.82) is 0 Å². The molecule has 1 saturated carbocycles. The van der Waals surface area contributed by atoms with Gasteiger partial charge in [-0.05, 0) is 60.9 Å². The predicted octanol–water partition coefficient (Wildman–Crippen LogP) is 6.46. The number of benzene rings is 2. The van der Waals surface area contributed by atoms with Crippen molar-refractivity contribution in [3.63, 3.8) is 0 Å². The van der Waals surface area contributed by atoms with Gasteiger partial charge in [0.25, 0.3) is 10.1 Å². The van der Waals surface area contributed by atoms with Crippen molar-refractivity contribution in [2.45, 2.75) is 96.4 Å². The number of hydroxylamine groups is 1. The lowest BCUT2D eigenvalue weighted by Gasteiger charge is -2.30. The summed E-state index contributed by atoms with van der Waals surface area (Å²) in [4.78, 5) is 44.0. The Morgan fingerprint density at radius 1 is 0.900 bits per heavy atom. The topological polar surface area (TPSA) is 166 Å². The zero-order chi connectivity index (χ0) is 36.5. The van der Waals surface area contributed by atoms with E-state index in [0.717, 1.165) is 29.5 Å². The zero-order valence-electron chi connectivity index (χ0n) is 29.3. The maximum absolute atomic E-state index is 13.8. The summed E-state index contributed by atoms with van der Waals surface area (Å²) in [5.41, 5.74) is 7.23. The van der Waals surface area contributed by atoms with E-state index in [9.17, 15) is 28.0 Å². The van der Waals surface area contributed by atoms with Crippen LogP contribution in [0.2, 0.25) is 0 Å². The largest absolute Gasteiger partial charge is 0.294 e. The molecule has 1 aliphatic carbocycles. The van der Waals surface area contributed by atoms with Crippen LogP contribution in [0.25, 0.3) is 0 Å². The molecule has 1 heterocycles. The first kappa shape index (κ1) is 40.3. The van der Waals surface area contributed by atoms with Crippen molar-refractivity contribution < 1.29 is 32.6 Å². The highest BCUT2D eigenvalue weighted by atomic mass is 32.2. The van der Waals surface area contributed by atoms with E-state index in [4.69, 9.17) is 4.55 Å². The van der Waals surface area contributed by atoms with Crippen LogP contribution in [0.1, 0.15) is 88.3 Å². The second-order valence-corrected chi connectivity index (χ2v) is 14.9. The Labute approximate surface area is 296 Å². The minimum absolute atomic E-state index is 0.0666. The fraction of sp³-hybridized carbons (Fsp3) is 0.474. The lowest BCUT2D eigenvalue weighted by Crippen LogP contribution is -2.51. The molecule has 0 saturated heterocycles.